The zero-order valence-corrected chi connectivity index (χ0v) is 16.6. The molecule has 0 atom stereocenters. The summed E-state index contributed by atoms with van der Waals surface area (Å²) in [7, 11) is 0. The highest BCUT2D eigenvalue weighted by Crippen LogP contribution is 2.52. The van der Waals surface area contributed by atoms with Crippen molar-refractivity contribution in [2.24, 2.45) is 11.1 Å². The van der Waals surface area contributed by atoms with Gasteiger partial charge in [0.2, 0.25) is 5.92 Å². The molecule has 0 aromatic carbocycles. The number of nitrogens with two attached hydrogens (primary N) is 1. The molecule has 0 radical (unpaired) electrons. The number of rotatable bonds is 6. The fourth-order valence-corrected chi connectivity index (χ4v) is 3.87. The van der Waals surface area contributed by atoms with E-state index in [1.54, 1.807) is 6.92 Å². The molecular formula is C19H21F4N5O2. The molecule has 1 aliphatic rings. The van der Waals surface area contributed by atoms with Gasteiger partial charge in [-0.1, -0.05) is 6.92 Å². The molecule has 1 aliphatic carbocycles. The quantitative estimate of drug-likeness (QED) is 0.689. The monoisotopic (exact) mass is 427 g/mol. The number of alkyl halides is 4. The molecule has 0 bridgehead atoms. The van der Waals surface area contributed by atoms with Crippen LogP contribution in [-0.2, 0) is 12.5 Å². The molecule has 3 rings (SSSR count). The molecule has 0 unspecified atom stereocenters. The fraction of sp³-hybridized carbons (Fsp3) is 0.474. The smallest absolute Gasteiger partial charge is 0.289 e. The summed E-state index contributed by atoms with van der Waals surface area (Å²) in [6.07, 6.45) is 0.400. The lowest BCUT2D eigenvalue weighted by molar-refractivity contribution is -0.160. The highest BCUT2D eigenvalue weighted by Gasteiger charge is 2.54. The summed E-state index contributed by atoms with van der Waals surface area (Å²) in [6.45, 7) is 3.44. The van der Waals surface area contributed by atoms with E-state index in [9.17, 15) is 27.2 Å². The number of nitrogens with zero attached hydrogens (tertiary/aromatic N) is 3. The molecule has 162 valence electrons. The Morgan fingerprint density at radius 3 is 2.50 bits per heavy atom. The molecule has 2 amide bonds. The summed E-state index contributed by atoms with van der Waals surface area (Å²) >= 11 is 0. The molecule has 0 saturated heterocycles. The Morgan fingerprint density at radius 1 is 1.33 bits per heavy atom. The second-order valence-corrected chi connectivity index (χ2v) is 8.14. The standard InChI is InChI=1S/C19H21F4N5O2/c1-10-13(16(30)26-11-4-5-25-12(6-11)15(24)29)28(27-14(10)18(3,20)21)9-17(2)7-19(22,23)8-17/h4-6H,7-9H2,1-3H3,(H2,24,29)(H,25,26,30). The van der Waals surface area contributed by atoms with Gasteiger partial charge in [0.1, 0.15) is 17.1 Å². The van der Waals surface area contributed by atoms with Gasteiger partial charge in [-0.15, -0.1) is 0 Å². The van der Waals surface area contributed by atoms with Crippen LogP contribution in [0.25, 0.3) is 0 Å². The lowest BCUT2D eigenvalue weighted by Crippen LogP contribution is -2.47. The highest BCUT2D eigenvalue weighted by molar-refractivity contribution is 6.04. The molecular weight excluding hydrogens is 406 g/mol. The molecule has 1 saturated carbocycles. The number of carbonyl (C=O) groups excluding carboxylic acids is 2. The van der Waals surface area contributed by atoms with E-state index in [1.807, 2.05) is 0 Å². The average Bonchev–Trinajstić information content (AvgIpc) is 2.89. The maximum atomic E-state index is 14.0. The Morgan fingerprint density at radius 2 is 1.97 bits per heavy atom. The summed E-state index contributed by atoms with van der Waals surface area (Å²) in [5.74, 6) is -7.73. The largest absolute Gasteiger partial charge is 0.364 e. The number of nitrogens with one attached hydrogen (secondary N) is 1. The minimum atomic E-state index is -3.33. The molecule has 2 aromatic heterocycles. The molecule has 11 heteroatoms. The van der Waals surface area contributed by atoms with Gasteiger partial charge in [0.15, 0.2) is 0 Å². The van der Waals surface area contributed by atoms with Crippen molar-refractivity contribution in [2.75, 3.05) is 5.32 Å². The van der Waals surface area contributed by atoms with E-state index in [0.29, 0.717) is 6.92 Å². The van der Waals surface area contributed by atoms with E-state index in [0.717, 1.165) is 4.68 Å². The normalized spacial score (nSPS) is 17.3. The maximum absolute atomic E-state index is 14.0. The van der Waals surface area contributed by atoms with Crippen molar-refractivity contribution in [3.63, 3.8) is 0 Å². The van der Waals surface area contributed by atoms with Crippen LogP contribution in [0.2, 0.25) is 0 Å². The number of carbonyl (C=O) groups is 2. The van der Waals surface area contributed by atoms with Gasteiger partial charge in [-0.25, -0.2) is 8.78 Å². The van der Waals surface area contributed by atoms with Gasteiger partial charge in [0.25, 0.3) is 17.7 Å². The summed E-state index contributed by atoms with van der Waals surface area (Å²) in [5, 5.41) is 6.38. The lowest BCUT2D eigenvalue weighted by Gasteiger charge is -2.44. The third-order valence-corrected chi connectivity index (χ3v) is 4.99. The predicted octanol–water partition coefficient (Wildman–Crippen LogP) is 3.48. The number of hydrogen-bond donors (Lipinski definition) is 2. The van der Waals surface area contributed by atoms with E-state index in [1.165, 1.54) is 25.3 Å². The topological polar surface area (TPSA) is 103 Å². The lowest BCUT2D eigenvalue weighted by atomic mass is 9.67. The number of hydrogen-bond acceptors (Lipinski definition) is 4. The fourth-order valence-electron chi connectivity index (χ4n) is 3.87. The zero-order chi connectivity index (χ0) is 22.5. The van der Waals surface area contributed by atoms with Crippen LogP contribution in [0.3, 0.4) is 0 Å². The number of anilines is 1. The first kappa shape index (κ1) is 21.7. The molecule has 0 aliphatic heterocycles. The van der Waals surface area contributed by atoms with Crippen molar-refractivity contribution < 1.29 is 27.2 Å². The van der Waals surface area contributed by atoms with Crippen LogP contribution >= 0.6 is 0 Å². The Kier molecular flexibility index (Phi) is 5.11. The van der Waals surface area contributed by atoms with E-state index < -0.39 is 47.6 Å². The Bertz CT molecular complexity index is 1000. The third-order valence-electron chi connectivity index (χ3n) is 4.99. The molecule has 1 fully saturated rings. The molecule has 3 N–H and O–H groups in total. The van der Waals surface area contributed by atoms with Crippen molar-refractivity contribution in [3.05, 3.63) is 41.0 Å². The number of pyridine rings is 1. The minimum absolute atomic E-state index is 0.0566. The van der Waals surface area contributed by atoms with E-state index in [4.69, 9.17) is 5.73 Å². The Hall–Kier alpha value is -2.98. The SMILES string of the molecule is Cc1c(C(C)(F)F)nn(CC2(C)CC(F)(F)C2)c1C(=O)Nc1ccnc(C(N)=O)c1. The zero-order valence-electron chi connectivity index (χ0n) is 16.6. The summed E-state index contributed by atoms with van der Waals surface area (Å²) in [6, 6.07) is 2.63. The first-order valence-electron chi connectivity index (χ1n) is 9.12. The second kappa shape index (κ2) is 7.06. The van der Waals surface area contributed by atoms with Crippen LogP contribution in [0, 0.1) is 12.3 Å². The van der Waals surface area contributed by atoms with E-state index >= 15 is 0 Å². The van der Waals surface area contributed by atoms with Gasteiger partial charge in [-0.05, 0) is 24.5 Å². The van der Waals surface area contributed by atoms with Gasteiger partial charge in [-0.3, -0.25) is 19.3 Å². The molecule has 7 nitrogen and oxygen atoms in total. The Balaban J connectivity index is 1.96. The van der Waals surface area contributed by atoms with Crippen LogP contribution < -0.4 is 11.1 Å². The second-order valence-electron chi connectivity index (χ2n) is 8.14. The molecule has 0 spiro atoms. The first-order chi connectivity index (χ1) is 13.7. The van der Waals surface area contributed by atoms with Crippen LogP contribution in [0.4, 0.5) is 23.2 Å². The van der Waals surface area contributed by atoms with Crippen LogP contribution in [0.1, 0.15) is 58.9 Å². The van der Waals surface area contributed by atoms with Crippen LogP contribution in [0.15, 0.2) is 18.3 Å². The Labute approximate surface area is 169 Å². The minimum Gasteiger partial charge on any atom is -0.364 e. The van der Waals surface area contributed by atoms with Gasteiger partial charge < -0.3 is 11.1 Å². The highest BCUT2D eigenvalue weighted by atomic mass is 19.3. The number of amides is 2. The number of halogens is 4. The number of primary amides is 1. The van der Waals surface area contributed by atoms with Gasteiger partial charge in [0.05, 0.1) is 0 Å². The van der Waals surface area contributed by atoms with E-state index in [2.05, 4.69) is 15.4 Å². The summed E-state index contributed by atoms with van der Waals surface area (Å²) in [4.78, 5) is 27.9. The molecule has 30 heavy (non-hydrogen) atoms. The van der Waals surface area contributed by atoms with Gasteiger partial charge in [-0.2, -0.15) is 13.9 Å². The maximum Gasteiger partial charge on any atom is 0.289 e. The summed E-state index contributed by atoms with van der Waals surface area (Å²) in [5.41, 5.74) is 3.53. The average molecular weight is 427 g/mol. The van der Waals surface area contributed by atoms with Crippen molar-refractivity contribution >= 4 is 17.5 Å². The van der Waals surface area contributed by atoms with Gasteiger partial charge in [0, 0.05) is 43.8 Å². The van der Waals surface area contributed by atoms with Gasteiger partial charge >= 0.3 is 0 Å². The molecule has 2 heterocycles. The van der Waals surface area contributed by atoms with Crippen molar-refractivity contribution in [1.29, 1.82) is 0 Å². The first-order valence-corrected chi connectivity index (χ1v) is 9.12. The number of aromatic nitrogens is 3. The van der Waals surface area contributed by atoms with Crippen LogP contribution in [0.5, 0.6) is 0 Å². The van der Waals surface area contributed by atoms with E-state index in [-0.39, 0.29) is 29.2 Å². The summed E-state index contributed by atoms with van der Waals surface area (Å²) < 4.78 is 55.8. The third kappa shape index (κ3) is 4.29. The van der Waals surface area contributed by atoms with Crippen molar-refractivity contribution in [1.82, 2.24) is 14.8 Å². The van der Waals surface area contributed by atoms with Crippen LogP contribution in [-0.4, -0.2) is 32.5 Å². The molecule has 2 aromatic rings. The predicted molar refractivity (Wildman–Crippen MR) is 99.5 cm³/mol. The van der Waals surface area contributed by atoms with Crippen molar-refractivity contribution in [2.45, 2.75) is 52.0 Å². The van der Waals surface area contributed by atoms with Crippen molar-refractivity contribution in [3.8, 4) is 0 Å².